The van der Waals surface area contributed by atoms with Crippen LogP contribution in [-0.4, -0.2) is 22.5 Å². The topological polar surface area (TPSA) is 62.2 Å². The molecule has 1 heterocycles. The van der Waals surface area contributed by atoms with E-state index in [-0.39, 0.29) is 17.6 Å². The average molecular weight is 291 g/mol. The van der Waals surface area contributed by atoms with E-state index in [0.717, 1.165) is 5.56 Å². The Hall–Kier alpha value is -1.91. The zero-order chi connectivity index (χ0) is 14.6. The van der Waals surface area contributed by atoms with Crippen LogP contribution in [-0.2, 0) is 5.60 Å². The molecule has 2 N–H and O–H groups in total. The van der Waals surface area contributed by atoms with Crippen molar-refractivity contribution in [2.75, 3.05) is 6.54 Å². The molecule has 20 heavy (non-hydrogen) atoms. The van der Waals surface area contributed by atoms with Crippen molar-refractivity contribution in [2.45, 2.75) is 12.5 Å². The van der Waals surface area contributed by atoms with Gasteiger partial charge in [0, 0.05) is 11.8 Å². The number of carbonyl (C=O) groups is 1. The predicted octanol–water partition coefficient (Wildman–Crippen LogP) is 2.37. The lowest BCUT2D eigenvalue weighted by Crippen LogP contribution is -2.38. The van der Waals surface area contributed by atoms with E-state index in [9.17, 15) is 9.90 Å². The first-order chi connectivity index (χ1) is 9.49. The molecule has 5 heteroatoms. The van der Waals surface area contributed by atoms with Crippen molar-refractivity contribution in [3.8, 4) is 0 Å². The van der Waals surface area contributed by atoms with Crippen LogP contribution < -0.4 is 5.32 Å². The van der Waals surface area contributed by atoms with Crippen LogP contribution in [0.4, 0.5) is 0 Å². The van der Waals surface area contributed by atoms with Gasteiger partial charge in [-0.05, 0) is 24.6 Å². The molecule has 0 bridgehead atoms. The molecular formula is C15H15ClN2O2. The zero-order valence-corrected chi connectivity index (χ0v) is 11.8. The first kappa shape index (κ1) is 14.5. The van der Waals surface area contributed by atoms with Crippen molar-refractivity contribution in [2.24, 2.45) is 0 Å². The SMILES string of the molecule is CC(O)(CNC(=O)c1ccnc(Cl)c1)c1ccccc1. The fraction of sp³-hybridized carbons (Fsp3) is 0.200. The van der Waals surface area contributed by atoms with Gasteiger partial charge in [0.15, 0.2) is 0 Å². The number of aliphatic hydroxyl groups is 1. The van der Waals surface area contributed by atoms with E-state index in [4.69, 9.17) is 11.6 Å². The van der Waals surface area contributed by atoms with E-state index < -0.39 is 5.60 Å². The minimum absolute atomic E-state index is 0.107. The maximum absolute atomic E-state index is 12.0. The lowest BCUT2D eigenvalue weighted by Gasteiger charge is -2.24. The van der Waals surface area contributed by atoms with Gasteiger partial charge in [-0.15, -0.1) is 0 Å². The van der Waals surface area contributed by atoms with Crippen molar-refractivity contribution >= 4 is 17.5 Å². The monoisotopic (exact) mass is 290 g/mol. The summed E-state index contributed by atoms with van der Waals surface area (Å²) in [5.74, 6) is -0.300. The lowest BCUT2D eigenvalue weighted by molar-refractivity contribution is 0.0526. The molecule has 0 aliphatic rings. The summed E-state index contributed by atoms with van der Waals surface area (Å²) in [5.41, 5.74) is 0.0234. The van der Waals surface area contributed by atoms with Crippen molar-refractivity contribution in [3.05, 3.63) is 64.9 Å². The highest BCUT2D eigenvalue weighted by atomic mass is 35.5. The molecule has 0 saturated carbocycles. The van der Waals surface area contributed by atoms with Gasteiger partial charge in [0.1, 0.15) is 10.8 Å². The Morgan fingerprint density at radius 2 is 2.05 bits per heavy atom. The van der Waals surface area contributed by atoms with Crippen molar-refractivity contribution in [1.29, 1.82) is 0 Å². The van der Waals surface area contributed by atoms with Crippen LogP contribution in [0.2, 0.25) is 5.15 Å². The molecule has 0 aliphatic carbocycles. The summed E-state index contributed by atoms with van der Waals surface area (Å²) in [4.78, 5) is 15.8. The third-order valence-corrected chi connectivity index (χ3v) is 3.18. The van der Waals surface area contributed by atoms with E-state index in [1.807, 2.05) is 30.3 Å². The van der Waals surface area contributed by atoms with E-state index >= 15 is 0 Å². The second-order valence-corrected chi connectivity index (χ2v) is 5.08. The molecule has 1 amide bonds. The first-order valence-corrected chi connectivity index (χ1v) is 6.54. The standard InChI is InChI=1S/C15H15ClN2O2/c1-15(20,12-5-3-2-4-6-12)10-18-14(19)11-7-8-17-13(16)9-11/h2-9,20H,10H2,1H3,(H,18,19). The Bertz CT molecular complexity index is 600. The molecule has 2 rings (SSSR count). The van der Waals surface area contributed by atoms with E-state index in [1.54, 1.807) is 13.0 Å². The zero-order valence-electron chi connectivity index (χ0n) is 11.0. The van der Waals surface area contributed by atoms with Gasteiger partial charge < -0.3 is 10.4 Å². The van der Waals surface area contributed by atoms with Crippen LogP contribution in [0.3, 0.4) is 0 Å². The predicted molar refractivity (Wildman–Crippen MR) is 77.6 cm³/mol. The average Bonchev–Trinajstić information content (AvgIpc) is 2.46. The number of carbonyl (C=O) groups excluding carboxylic acids is 1. The van der Waals surface area contributed by atoms with E-state index in [2.05, 4.69) is 10.3 Å². The maximum Gasteiger partial charge on any atom is 0.251 e. The molecule has 1 aromatic heterocycles. The summed E-state index contributed by atoms with van der Waals surface area (Å²) in [6, 6.07) is 12.2. The van der Waals surface area contributed by atoms with Crippen molar-refractivity contribution in [1.82, 2.24) is 10.3 Å². The highest BCUT2D eigenvalue weighted by Gasteiger charge is 2.23. The fourth-order valence-corrected chi connectivity index (χ4v) is 1.97. The molecule has 0 radical (unpaired) electrons. The molecular weight excluding hydrogens is 276 g/mol. The lowest BCUT2D eigenvalue weighted by atomic mass is 9.96. The number of pyridine rings is 1. The van der Waals surface area contributed by atoms with Gasteiger partial charge in [-0.25, -0.2) is 4.98 Å². The van der Waals surface area contributed by atoms with Gasteiger partial charge in [0.25, 0.3) is 5.91 Å². The minimum atomic E-state index is -1.13. The van der Waals surface area contributed by atoms with Gasteiger partial charge in [-0.1, -0.05) is 41.9 Å². The summed E-state index contributed by atoms with van der Waals surface area (Å²) in [5, 5.41) is 13.3. The highest BCUT2D eigenvalue weighted by molar-refractivity contribution is 6.29. The van der Waals surface area contributed by atoms with Crippen LogP contribution in [0.15, 0.2) is 48.7 Å². The maximum atomic E-state index is 12.0. The fourth-order valence-electron chi connectivity index (χ4n) is 1.80. The first-order valence-electron chi connectivity index (χ1n) is 6.17. The minimum Gasteiger partial charge on any atom is -0.384 e. The molecule has 1 aromatic carbocycles. The summed E-state index contributed by atoms with van der Waals surface area (Å²) in [7, 11) is 0. The number of benzene rings is 1. The van der Waals surface area contributed by atoms with Crippen LogP contribution in [0, 0.1) is 0 Å². The number of aromatic nitrogens is 1. The quantitative estimate of drug-likeness (QED) is 0.850. The van der Waals surface area contributed by atoms with Gasteiger partial charge in [0.2, 0.25) is 0 Å². The summed E-state index contributed by atoms with van der Waals surface area (Å²) < 4.78 is 0. The number of hydrogen-bond donors (Lipinski definition) is 2. The normalized spacial score (nSPS) is 13.6. The van der Waals surface area contributed by atoms with Crippen LogP contribution in [0.1, 0.15) is 22.8 Å². The number of nitrogens with zero attached hydrogens (tertiary/aromatic N) is 1. The Balaban J connectivity index is 2.03. The Morgan fingerprint density at radius 3 is 2.70 bits per heavy atom. The molecule has 0 saturated heterocycles. The number of hydrogen-bond acceptors (Lipinski definition) is 3. The summed E-state index contributed by atoms with van der Waals surface area (Å²) >= 11 is 5.73. The van der Waals surface area contributed by atoms with Crippen LogP contribution in [0.25, 0.3) is 0 Å². The van der Waals surface area contributed by atoms with Gasteiger partial charge >= 0.3 is 0 Å². The number of nitrogens with one attached hydrogen (secondary N) is 1. The second-order valence-electron chi connectivity index (χ2n) is 4.69. The molecule has 1 atom stereocenters. The third kappa shape index (κ3) is 3.56. The second kappa shape index (κ2) is 6.03. The molecule has 2 aromatic rings. The summed E-state index contributed by atoms with van der Waals surface area (Å²) in [6.07, 6.45) is 1.46. The summed E-state index contributed by atoms with van der Waals surface area (Å²) in [6.45, 7) is 1.76. The van der Waals surface area contributed by atoms with E-state index in [1.165, 1.54) is 12.3 Å². The van der Waals surface area contributed by atoms with Gasteiger partial charge in [-0.2, -0.15) is 0 Å². The number of amides is 1. The molecule has 104 valence electrons. The molecule has 0 aliphatic heterocycles. The van der Waals surface area contributed by atoms with Crippen LogP contribution in [0.5, 0.6) is 0 Å². The molecule has 1 unspecified atom stereocenters. The van der Waals surface area contributed by atoms with Gasteiger partial charge in [0.05, 0.1) is 6.54 Å². The molecule has 0 fully saturated rings. The Morgan fingerprint density at radius 1 is 1.35 bits per heavy atom. The number of halogens is 1. The molecule has 0 spiro atoms. The third-order valence-electron chi connectivity index (χ3n) is 2.98. The van der Waals surface area contributed by atoms with Crippen molar-refractivity contribution in [3.63, 3.8) is 0 Å². The largest absolute Gasteiger partial charge is 0.384 e. The van der Waals surface area contributed by atoms with Crippen molar-refractivity contribution < 1.29 is 9.90 Å². The highest BCUT2D eigenvalue weighted by Crippen LogP contribution is 2.19. The van der Waals surface area contributed by atoms with Crippen LogP contribution >= 0.6 is 11.6 Å². The molecule has 4 nitrogen and oxygen atoms in total. The Kier molecular flexibility index (Phi) is 4.37. The van der Waals surface area contributed by atoms with Gasteiger partial charge in [-0.3, -0.25) is 4.79 Å². The number of rotatable bonds is 4. The van der Waals surface area contributed by atoms with E-state index in [0.29, 0.717) is 5.56 Å². The smallest absolute Gasteiger partial charge is 0.251 e. The Labute approximate surface area is 122 Å².